The van der Waals surface area contributed by atoms with Crippen molar-refractivity contribution < 1.29 is 19.1 Å². The lowest BCUT2D eigenvalue weighted by atomic mass is 9.82. The van der Waals surface area contributed by atoms with Crippen LogP contribution in [0.5, 0.6) is 0 Å². The Morgan fingerprint density at radius 1 is 1.19 bits per heavy atom. The molecule has 0 saturated carbocycles. The van der Waals surface area contributed by atoms with Crippen LogP contribution in [-0.4, -0.2) is 31.6 Å². The van der Waals surface area contributed by atoms with E-state index in [1.165, 1.54) is 6.92 Å². The van der Waals surface area contributed by atoms with Gasteiger partial charge in [-0.15, -0.1) is 0 Å². The highest BCUT2D eigenvalue weighted by Gasteiger charge is 2.39. The van der Waals surface area contributed by atoms with Crippen LogP contribution in [0.3, 0.4) is 0 Å². The van der Waals surface area contributed by atoms with Crippen LogP contribution in [0, 0.1) is 5.41 Å². The molecule has 0 rings (SSSR count). The topological polar surface area (TPSA) is 52.6 Å². The minimum Gasteiger partial charge on any atom is -0.465 e. The highest BCUT2D eigenvalue weighted by atomic mass is 16.5. The van der Waals surface area contributed by atoms with Crippen molar-refractivity contribution in [3.05, 3.63) is 0 Å². The number of esters is 1. The monoisotopic (exact) mass is 230 g/mol. The van der Waals surface area contributed by atoms with Gasteiger partial charge in [0.2, 0.25) is 0 Å². The lowest BCUT2D eigenvalue weighted by Crippen LogP contribution is -2.36. The molecule has 0 heterocycles. The average molecular weight is 230 g/mol. The molecule has 0 aliphatic heterocycles. The fourth-order valence-corrected chi connectivity index (χ4v) is 1.38. The Hall–Kier alpha value is -0.900. The van der Waals surface area contributed by atoms with Gasteiger partial charge in [0, 0.05) is 13.2 Å². The summed E-state index contributed by atoms with van der Waals surface area (Å²) in [6, 6.07) is 0. The van der Waals surface area contributed by atoms with Crippen molar-refractivity contribution in [2.75, 3.05) is 19.8 Å². The average Bonchev–Trinajstić information content (AvgIpc) is 2.24. The summed E-state index contributed by atoms with van der Waals surface area (Å²) in [6.45, 7) is 8.23. The Kier molecular flexibility index (Phi) is 6.97. The molecular formula is C12H22O4. The molecule has 4 nitrogen and oxygen atoms in total. The number of hydrogen-bond acceptors (Lipinski definition) is 4. The van der Waals surface area contributed by atoms with Crippen LogP contribution >= 0.6 is 0 Å². The Labute approximate surface area is 97.3 Å². The predicted octanol–water partition coefficient (Wildman–Crippen LogP) is 1.96. The summed E-state index contributed by atoms with van der Waals surface area (Å²) in [5.74, 6) is -0.582. The highest BCUT2D eigenvalue weighted by Crippen LogP contribution is 2.26. The second-order valence-corrected chi connectivity index (χ2v) is 3.91. The largest absolute Gasteiger partial charge is 0.465 e. The van der Waals surface area contributed by atoms with E-state index in [2.05, 4.69) is 0 Å². The summed E-state index contributed by atoms with van der Waals surface area (Å²) in [4.78, 5) is 23.2. The second-order valence-electron chi connectivity index (χ2n) is 3.91. The molecule has 0 aromatic rings. The van der Waals surface area contributed by atoms with Gasteiger partial charge in [0.15, 0.2) is 0 Å². The highest BCUT2D eigenvalue weighted by molar-refractivity contribution is 6.02. The van der Waals surface area contributed by atoms with Crippen LogP contribution < -0.4 is 0 Å². The smallest absolute Gasteiger partial charge is 0.319 e. The van der Waals surface area contributed by atoms with Gasteiger partial charge in [-0.3, -0.25) is 9.59 Å². The molecule has 0 radical (unpaired) electrons. The van der Waals surface area contributed by atoms with Crippen LogP contribution in [0.1, 0.15) is 40.5 Å². The van der Waals surface area contributed by atoms with Gasteiger partial charge in [-0.25, -0.2) is 0 Å². The second kappa shape index (κ2) is 7.39. The van der Waals surface area contributed by atoms with E-state index in [0.717, 1.165) is 0 Å². The zero-order valence-electron chi connectivity index (χ0n) is 10.7. The molecule has 0 aliphatic rings. The molecule has 1 atom stereocenters. The first-order valence-electron chi connectivity index (χ1n) is 5.75. The molecule has 0 aromatic heterocycles. The van der Waals surface area contributed by atoms with E-state index < -0.39 is 11.4 Å². The summed E-state index contributed by atoms with van der Waals surface area (Å²) in [5, 5.41) is 0. The van der Waals surface area contributed by atoms with E-state index in [1.54, 1.807) is 13.8 Å². The van der Waals surface area contributed by atoms with E-state index in [4.69, 9.17) is 9.47 Å². The number of ether oxygens (including phenoxy) is 2. The third-order valence-electron chi connectivity index (χ3n) is 2.67. The van der Waals surface area contributed by atoms with Crippen LogP contribution in [-0.2, 0) is 19.1 Å². The maximum Gasteiger partial charge on any atom is 0.319 e. The molecule has 16 heavy (non-hydrogen) atoms. The first-order chi connectivity index (χ1) is 7.49. The summed E-state index contributed by atoms with van der Waals surface area (Å²) >= 11 is 0. The molecule has 0 fully saturated rings. The normalized spacial score (nSPS) is 14.2. The molecule has 94 valence electrons. The van der Waals surface area contributed by atoms with Crippen LogP contribution in [0.4, 0.5) is 0 Å². The Morgan fingerprint density at radius 2 is 1.81 bits per heavy atom. The first-order valence-corrected chi connectivity index (χ1v) is 5.75. The van der Waals surface area contributed by atoms with E-state index in [1.807, 2.05) is 6.92 Å². The molecule has 0 amide bonds. The fraction of sp³-hybridized carbons (Fsp3) is 0.833. The zero-order valence-corrected chi connectivity index (χ0v) is 10.7. The lowest BCUT2D eigenvalue weighted by Gasteiger charge is -2.24. The number of Topliss-reactive ketones (excluding diaryl/α,β-unsaturated/α-hetero) is 1. The molecule has 0 bridgehead atoms. The van der Waals surface area contributed by atoms with E-state index >= 15 is 0 Å². The van der Waals surface area contributed by atoms with Crippen molar-refractivity contribution in [3.8, 4) is 0 Å². The molecular weight excluding hydrogens is 208 g/mol. The molecule has 0 saturated heterocycles. The summed E-state index contributed by atoms with van der Waals surface area (Å²) in [6.07, 6.45) is 1.16. The third-order valence-corrected chi connectivity index (χ3v) is 2.67. The predicted molar refractivity (Wildman–Crippen MR) is 61.1 cm³/mol. The van der Waals surface area contributed by atoms with Crippen LogP contribution in [0.2, 0.25) is 0 Å². The van der Waals surface area contributed by atoms with Crippen molar-refractivity contribution in [2.24, 2.45) is 5.41 Å². The number of carbonyl (C=O) groups is 2. The molecule has 4 heteroatoms. The third kappa shape index (κ3) is 4.31. The van der Waals surface area contributed by atoms with E-state index in [9.17, 15) is 9.59 Å². The number of hydrogen-bond donors (Lipinski definition) is 0. The molecule has 0 N–H and O–H groups in total. The van der Waals surface area contributed by atoms with Gasteiger partial charge >= 0.3 is 5.97 Å². The van der Waals surface area contributed by atoms with Gasteiger partial charge in [-0.05, 0) is 40.5 Å². The number of ketones is 1. The minimum atomic E-state index is -1.02. The summed E-state index contributed by atoms with van der Waals surface area (Å²) < 4.78 is 10.1. The van der Waals surface area contributed by atoms with Crippen molar-refractivity contribution >= 4 is 11.8 Å². The SMILES string of the molecule is CCOCCCC(C)(C(C)=O)C(=O)OCC. The molecule has 1 unspecified atom stereocenters. The quantitative estimate of drug-likeness (QED) is 0.363. The first kappa shape index (κ1) is 15.1. The number of rotatable bonds is 8. The summed E-state index contributed by atoms with van der Waals surface area (Å²) in [5.41, 5.74) is -1.02. The standard InChI is InChI=1S/C12H22O4/c1-5-15-9-7-8-12(4,10(3)13)11(14)16-6-2/h5-9H2,1-4H3. The Morgan fingerprint density at radius 3 is 2.25 bits per heavy atom. The Balaban J connectivity index is 4.34. The zero-order chi connectivity index (χ0) is 12.6. The maximum absolute atomic E-state index is 11.7. The van der Waals surface area contributed by atoms with Gasteiger partial charge in [0.1, 0.15) is 11.2 Å². The molecule has 0 aliphatic carbocycles. The molecule has 0 aromatic carbocycles. The van der Waals surface area contributed by atoms with E-state index in [-0.39, 0.29) is 5.78 Å². The lowest BCUT2D eigenvalue weighted by molar-refractivity contribution is -0.159. The van der Waals surface area contributed by atoms with Crippen molar-refractivity contribution in [1.82, 2.24) is 0 Å². The van der Waals surface area contributed by atoms with Gasteiger partial charge in [-0.2, -0.15) is 0 Å². The minimum absolute atomic E-state index is 0.151. The van der Waals surface area contributed by atoms with Crippen molar-refractivity contribution in [1.29, 1.82) is 0 Å². The van der Waals surface area contributed by atoms with Gasteiger partial charge in [0.05, 0.1) is 6.61 Å². The van der Waals surface area contributed by atoms with Gasteiger partial charge in [-0.1, -0.05) is 0 Å². The van der Waals surface area contributed by atoms with Crippen LogP contribution in [0.25, 0.3) is 0 Å². The molecule has 0 spiro atoms. The van der Waals surface area contributed by atoms with Crippen molar-refractivity contribution in [2.45, 2.75) is 40.5 Å². The fourth-order valence-electron chi connectivity index (χ4n) is 1.38. The van der Waals surface area contributed by atoms with E-state index in [0.29, 0.717) is 32.7 Å². The van der Waals surface area contributed by atoms with Gasteiger partial charge < -0.3 is 9.47 Å². The van der Waals surface area contributed by atoms with Gasteiger partial charge in [0.25, 0.3) is 0 Å². The van der Waals surface area contributed by atoms with Crippen molar-refractivity contribution in [3.63, 3.8) is 0 Å². The number of carbonyl (C=O) groups excluding carboxylic acids is 2. The summed E-state index contributed by atoms with van der Waals surface area (Å²) in [7, 11) is 0. The Bertz CT molecular complexity index is 237. The maximum atomic E-state index is 11.7. The van der Waals surface area contributed by atoms with Crippen LogP contribution in [0.15, 0.2) is 0 Å².